The van der Waals surface area contributed by atoms with Gasteiger partial charge in [-0.25, -0.2) is 0 Å². The number of hydrogen-bond acceptors (Lipinski definition) is 4. The van der Waals surface area contributed by atoms with Gasteiger partial charge >= 0.3 is 0 Å². The Bertz CT molecular complexity index is 457. The highest BCUT2D eigenvalue weighted by atomic mass is 16.6. The van der Waals surface area contributed by atoms with E-state index >= 15 is 0 Å². The second-order valence-corrected chi connectivity index (χ2v) is 4.95. The minimum Gasteiger partial charge on any atom is -0.353 e. The predicted octanol–water partition coefficient (Wildman–Crippen LogP) is 1.94. The number of likely N-dealkylation sites (N-methyl/N-ethyl adjacent to an activating group) is 1. The Morgan fingerprint density at radius 2 is 1.95 bits per heavy atom. The van der Waals surface area contributed by atoms with Crippen molar-refractivity contribution in [3.63, 3.8) is 0 Å². The third-order valence-corrected chi connectivity index (χ3v) is 2.82. The maximum absolute atomic E-state index is 11.7. The molecular weight excluding hydrogens is 258 g/mol. The first kappa shape index (κ1) is 16.1. The highest BCUT2D eigenvalue weighted by Crippen LogP contribution is 2.13. The van der Waals surface area contributed by atoms with Gasteiger partial charge in [0.25, 0.3) is 5.69 Å². The van der Waals surface area contributed by atoms with Crippen molar-refractivity contribution < 1.29 is 9.72 Å². The van der Waals surface area contributed by atoms with Crippen molar-refractivity contribution in [1.82, 2.24) is 10.2 Å². The van der Waals surface area contributed by atoms with Gasteiger partial charge in [0.05, 0.1) is 11.5 Å². The lowest BCUT2D eigenvalue weighted by atomic mass is 10.2. The van der Waals surface area contributed by atoms with Gasteiger partial charge in [-0.1, -0.05) is 19.1 Å². The van der Waals surface area contributed by atoms with Gasteiger partial charge in [0.15, 0.2) is 0 Å². The van der Waals surface area contributed by atoms with E-state index in [1.54, 1.807) is 12.1 Å². The lowest BCUT2D eigenvalue weighted by Crippen LogP contribution is -2.39. The molecule has 0 aliphatic carbocycles. The zero-order valence-electron chi connectivity index (χ0n) is 12.1. The van der Waals surface area contributed by atoms with Gasteiger partial charge in [0, 0.05) is 24.7 Å². The Hall–Kier alpha value is -1.95. The smallest absolute Gasteiger partial charge is 0.269 e. The molecule has 6 nitrogen and oxygen atoms in total. The number of non-ortho nitro benzene ring substituents is 1. The van der Waals surface area contributed by atoms with Gasteiger partial charge in [-0.15, -0.1) is 0 Å². The van der Waals surface area contributed by atoms with Crippen LogP contribution in [0.1, 0.15) is 26.3 Å². The molecule has 110 valence electrons. The van der Waals surface area contributed by atoms with Crippen LogP contribution in [0.4, 0.5) is 5.69 Å². The molecule has 1 N–H and O–H groups in total. The fourth-order valence-electron chi connectivity index (χ4n) is 1.83. The van der Waals surface area contributed by atoms with E-state index in [1.807, 2.05) is 25.7 Å². The molecule has 0 saturated carbocycles. The molecule has 0 aliphatic heterocycles. The van der Waals surface area contributed by atoms with Crippen molar-refractivity contribution in [2.45, 2.75) is 33.4 Å². The first-order valence-corrected chi connectivity index (χ1v) is 6.67. The monoisotopic (exact) mass is 279 g/mol. The predicted molar refractivity (Wildman–Crippen MR) is 77.3 cm³/mol. The number of nitro benzene ring substituents is 1. The number of benzene rings is 1. The first-order valence-electron chi connectivity index (χ1n) is 6.67. The molecule has 0 unspecified atom stereocenters. The van der Waals surface area contributed by atoms with Crippen LogP contribution in [-0.2, 0) is 11.3 Å². The minimum atomic E-state index is -0.419. The highest BCUT2D eigenvalue weighted by Gasteiger charge is 2.11. The maximum Gasteiger partial charge on any atom is 0.269 e. The zero-order chi connectivity index (χ0) is 15.1. The fourth-order valence-corrected chi connectivity index (χ4v) is 1.83. The van der Waals surface area contributed by atoms with Crippen molar-refractivity contribution >= 4 is 11.6 Å². The summed E-state index contributed by atoms with van der Waals surface area (Å²) >= 11 is 0. The van der Waals surface area contributed by atoms with Crippen molar-refractivity contribution in [1.29, 1.82) is 0 Å². The molecule has 0 aliphatic rings. The molecule has 1 rings (SSSR count). The van der Waals surface area contributed by atoms with Gasteiger partial charge < -0.3 is 5.32 Å². The number of nitrogens with zero attached hydrogens (tertiary/aromatic N) is 2. The molecule has 0 radical (unpaired) electrons. The van der Waals surface area contributed by atoms with E-state index < -0.39 is 4.92 Å². The normalized spacial score (nSPS) is 10.8. The Morgan fingerprint density at radius 1 is 1.35 bits per heavy atom. The fraction of sp³-hybridized carbons (Fsp3) is 0.500. The molecule has 0 bridgehead atoms. The third-order valence-electron chi connectivity index (χ3n) is 2.82. The molecule has 6 heteroatoms. The molecule has 0 atom stereocenters. The standard InChI is InChI=1S/C14H21N3O3/c1-4-16(10-14(18)15-11(2)3)9-12-5-7-13(8-6-12)17(19)20/h5-8,11H,4,9-10H2,1-3H3,(H,15,18). The highest BCUT2D eigenvalue weighted by molar-refractivity contribution is 5.78. The van der Waals surface area contributed by atoms with Crippen LogP contribution in [0.25, 0.3) is 0 Å². The number of carbonyl (C=O) groups is 1. The van der Waals surface area contributed by atoms with E-state index in [9.17, 15) is 14.9 Å². The van der Waals surface area contributed by atoms with E-state index in [4.69, 9.17) is 0 Å². The van der Waals surface area contributed by atoms with Crippen LogP contribution >= 0.6 is 0 Å². The van der Waals surface area contributed by atoms with E-state index in [-0.39, 0.29) is 17.6 Å². The number of carbonyl (C=O) groups excluding carboxylic acids is 1. The van der Waals surface area contributed by atoms with Gasteiger partial charge in [0.1, 0.15) is 0 Å². The van der Waals surface area contributed by atoms with E-state index in [2.05, 4.69) is 5.32 Å². The van der Waals surface area contributed by atoms with Gasteiger partial charge in [-0.3, -0.25) is 19.8 Å². The van der Waals surface area contributed by atoms with Crippen LogP contribution < -0.4 is 5.32 Å². The molecule has 1 amide bonds. The molecule has 1 aromatic rings. The van der Waals surface area contributed by atoms with E-state index in [0.29, 0.717) is 13.1 Å². The summed E-state index contributed by atoms with van der Waals surface area (Å²) in [6.45, 7) is 7.48. The Labute approximate surface area is 118 Å². The van der Waals surface area contributed by atoms with E-state index in [1.165, 1.54) is 12.1 Å². The molecule has 0 saturated heterocycles. The van der Waals surface area contributed by atoms with Gasteiger partial charge in [-0.2, -0.15) is 0 Å². The molecule has 0 heterocycles. The Kier molecular flexibility index (Phi) is 6.11. The third kappa shape index (κ3) is 5.36. The zero-order valence-corrected chi connectivity index (χ0v) is 12.1. The summed E-state index contributed by atoms with van der Waals surface area (Å²) < 4.78 is 0. The number of nitro groups is 1. The lowest BCUT2D eigenvalue weighted by Gasteiger charge is -2.20. The number of rotatable bonds is 7. The summed E-state index contributed by atoms with van der Waals surface area (Å²) in [6.07, 6.45) is 0. The lowest BCUT2D eigenvalue weighted by molar-refractivity contribution is -0.384. The number of hydrogen-bond donors (Lipinski definition) is 1. The van der Waals surface area contributed by atoms with Crippen molar-refractivity contribution in [2.24, 2.45) is 0 Å². The van der Waals surface area contributed by atoms with Gasteiger partial charge in [0.2, 0.25) is 5.91 Å². The van der Waals surface area contributed by atoms with Crippen molar-refractivity contribution in [2.75, 3.05) is 13.1 Å². The van der Waals surface area contributed by atoms with Crippen LogP contribution in [0.2, 0.25) is 0 Å². The average Bonchev–Trinajstić information content (AvgIpc) is 2.37. The maximum atomic E-state index is 11.7. The van der Waals surface area contributed by atoms with Crippen LogP contribution in [0.15, 0.2) is 24.3 Å². The molecule has 20 heavy (non-hydrogen) atoms. The summed E-state index contributed by atoms with van der Waals surface area (Å²) in [5, 5.41) is 13.4. The van der Waals surface area contributed by atoms with Crippen molar-refractivity contribution in [3.05, 3.63) is 39.9 Å². The number of nitrogens with one attached hydrogen (secondary N) is 1. The molecule has 1 aromatic carbocycles. The second kappa shape index (κ2) is 7.59. The quantitative estimate of drug-likeness (QED) is 0.611. The minimum absolute atomic E-state index is 0.0104. The topological polar surface area (TPSA) is 75.5 Å². The van der Waals surface area contributed by atoms with Crippen LogP contribution in [0, 0.1) is 10.1 Å². The van der Waals surface area contributed by atoms with Gasteiger partial charge in [-0.05, 0) is 26.0 Å². The molecule has 0 spiro atoms. The largest absolute Gasteiger partial charge is 0.353 e. The van der Waals surface area contributed by atoms with Crippen LogP contribution in [0.5, 0.6) is 0 Å². The second-order valence-electron chi connectivity index (χ2n) is 4.95. The van der Waals surface area contributed by atoms with Crippen LogP contribution in [-0.4, -0.2) is 34.9 Å². The molecular formula is C14H21N3O3. The van der Waals surface area contributed by atoms with E-state index in [0.717, 1.165) is 12.1 Å². The van der Waals surface area contributed by atoms with Crippen LogP contribution in [0.3, 0.4) is 0 Å². The SMILES string of the molecule is CCN(CC(=O)NC(C)C)Cc1ccc([N+](=O)[O-])cc1. The summed E-state index contributed by atoms with van der Waals surface area (Å²) in [7, 11) is 0. The Morgan fingerprint density at radius 3 is 2.40 bits per heavy atom. The molecule has 0 aromatic heterocycles. The molecule has 0 fully saturated rings. The van der Waals surface area contributed by atoms with Crippen molar-refractivity contribution in [3.8, 4) is 0 Å². The summed E-state index contributed by atoms with van der Waals surface area (Å²) in [4.78, 5) is 23.9. The average molecular weight is 279 g/mol. The first-order chi connectivity index (χ1) is 9.42. The summed E-state index contributed by atoms with van der Waals surface area (Å²) in [5.41, 5.74) is 1.03. The number of amides is 1. The summed E-state index contributed by atoms with van der Waals surface area (Å²) in [5.74, 6) is -0.0104. The Balaban J connectivity index is 2.59. The summed E-state index contributed by atoms with van der Waals surface area (Å²) in [6, 6.07) is 6.54.